The van der Waals surface area contributed by atoms with Gasteiger partial charge in [-0.25, -0.2) is 9.80 Å². The second-order valence-corrected chi connectivity index (χ2v) is 15.4. The number of thiazole rings is 1. The molecule has 1 fully saturated rings. The van der Waals surface area contributed by atoms with E-state index in [1.54, 1.807) is 35.7 Å². The minimum absolute atomic E-state index is 0.0551. The number of rotatable bonds is 8. The summed E-state index contributed by atoms with van der Waals surface area (Å²) in [6.45, 7) is 8.82. The molecule has 3 aromatic heterocycles. The molecule has 0 atom stereocenters. The fourth-order valence-corrected chi connectivity index (χ4v) is 8.16. The Hall–Kier alpha value is -4.23. The van der Waals surface area contributed by atoms with Crippen molar-refractivity contribution in [2.24, 2.45) is 5.73 Å². The van der Waals surface area contributed by atoms with Crippen LogP contribution in [0.1, 0.15) is 37.7 Å². The van der Waals surface area contributed by atoms with E-state index in [2.05, 4.69) is 21.4 Å². The van der Waals surface area contributed by atoms with Crippen molar-refractivity contribution >= 4 is 55.9 Å². The number of phenols is 1. The van der Waals surface area contributed by atoms with Gasteiger partial charge in [0, 0.05) is 53.2 Å². The van der Waals surface area contributed by atoms with Gasteiger partial charge in [0.2, 0.25) is 5.88 Å². The number of urea groups is 1. The molecule has 1 aliphatic rings. The van der Waals surface area contributed by atoms with E-state index in [9.17, 15) is 9.90 Å². The number of primary amides is 1. The Balaban J connectivity index is 1.26. The average molecular weight is 702 g/mol. The van der Waals surface area contributed by atoms with Gasteiger partial charge in [-0.1, -0.05) is 86.2 Å². The van der Waals surface area contributed by atoms with Crippen molar-refractivity contribution in [3.8, 4) is 28.5 Å². The van der Waals surface area contributed by atoms with Gasteiger partial charge in [-0.05, 0) is 24.3 Å². The fraction of sp³-hybridized carbons (Fsp3) is 0.286. The van der Waals surface area contributed by atoms with Crippen LogP contribution >= 0.6 is 34.7 Å². The van der Waals surface area contributed by atoms with Gasteiger partial charge in [-0.15, -0.1) is 0 Å². The summed E-state index contributed by atoms with van der Waals surface area (Å²) < 4.78 is 10.0. The Morgan fingerprint density at radius 2 is 1.79 bits per heavy atom. The number of benzene rings is 3. The first-order chi connectivity index (χ1) is 23.1. The van der Waals surface area contributed by atoms with E-state index in [0.717, 1.165) is 46.3 Å². The molecule has 4 heterocycles. The molecule has 6 aromatic rings. The molecule has 0 saturated carbocycles. The molecule has 3 N–H and O–H groups in total. The Labute approximate surface area is 291 Å². The molecule has 2 amide bonds. The van der Waals surface area contributed by atoms with Gasteiger partial charge in [0.05, 0.1) is 33.7 Å². The van der Waals surface area contributed by atoms with Gasteiger partial charge in [-0.3, -0.25) is 9.30 Å². The second-order valence-electron chi connectivity index (χ2n) is 12.7. The zero-order chi connectivity index (χ0) is 33.6. The third-order valence-electron chi connectivity index (χ3n) is 8.38. The first kappa shape index (κ1) is 32.3. The number of imidazole rings is 1. The zero-order valence-corrected chi connectivity index (χ0v) is 29.3. The van der Waals surface area contributed by atoms with E-state index in [1.165, 1.54) is 14.5 Å². The van der Waals surface area contributed by atoms with Crippen molar-refractivity contribution in [2.45, 2.75) is 39.3 Å². The highest BCUT2D eigenvalue weighted by Crippen LogP contribution is 2.40. The van der Waals surface area contributed by atoms with Crippen molar-refractivity contribution in [1.82, 2.24) is 24.2 Å². The van der Waals surface area contributed by atoms with Gasteiger partial charge in [0.25, 0.3) is 0 Å². The summed E-state index contributed by atoms with van der Waals surface area (Å²) in [6, 6.07) is 20.3. The number of phenolic OH excluding ortho intramolecular Hbond substituents is 1. The number of ether oxygens (including phenoxy) is 1. The molecule has 0 spiro atoms. The number of nitrogens with zero attached hydrogens (tertiary/aromatic N) is 6. The summed E-state index contributed by atoms with van der Waals surface area (Å²) in [6.07, 6.45) is 1.70. The standard InChI is InChI=1S/C35H36ClN7O3S2/c1-35(2,3)31-24(23-10-8-11-25(36)30(23)44)20-42(39-31)41(33(37)45)19-22-9-4-6-13-28(22)46-32-27(21-40-15-17-47-18-16-40)43-26-12-5-7-14-29(26)48-34(43)38-32/h4-14,20,44H,15-19,21H2,1-3H3,(H2,37,45). The summed E-state index contributed by atoms with van der Waals surface area (Å²) in [5, 5.41) is 17.2. The monoisotopic (exact) mass is 701 g/mol. The van der Waals surface area contributed by atoms with Crippen molar-refractivity contribution in [3.05, 3.63) is 94.9 Å². The number of aromatic nitrogens is 4. The maximum absolute atomic E-state index is 13.0. The number of hydrogen-bond donors (Lipinski definition) is 2. The molecular formula is C35H36ClN7O3S2. The second kappa shape index (κ2) is 13.0. The van der Waals surface area contributed by atoms with Crippen LogP contribution in [0.15, 0.2) is 72.9 Å². The van der Waals surface area contributed by atoms with E-state index in [-0.39, 0.29) is 17.3 Å². The van der Waals surface area contributed by atoms with Crippen LogP contribution in [0.2, 0.25) is 5.02 Å². The molecule has 13 heteroatoms. The Morgan fingerprint density at radius 3 is 2.56 bits per heavy atom. The molecule has 1 saturated heterocycles. The van der Waals surface area contributed by atoms with Crippen molar-refractivity contribution in [2.75, 3.05) is 29.6 Å². The number of fused-ring (bicyclic) bond motifs is 3. The van der Waals surface area contributed by atoms with Gasteiger partial charge >= 0.3 is 6.03 Å². The maximum Gasteiger partial charge on any atom is 0.335 e. The highest BCUT2D eigenvalue weighted by Gasteiger charge is 2.29. The summed E-state index contributed by atoms with van der Waals surface area (Å²) in [5.74, 6) is 3.23. The molecule has 0 bridgehead atoms. The Bertz CT molecular complexity index is 2130. The van der Waals surface area contributed by atoms with Gasteiger partial charge in [0.15, 0.2) is 4.96 Å². The van der Waals surface area contributed by atoms with Gasteiger partial charge in [0.1, 0.15) is 17.2 Å². The van der Waals surface area contributed by atoms with Crippen LogP contribution in [0.4, 0.5) is 4.79 Å². The molecule has 248 valence electrons. The predicted octanol–water partition coefficient (Wildman–Crippen LogP) is 7.63. The minimum Gasteiger partial charge on any atom is -0.506 e. The smallest absolute Gasteiger partial charge is 0.335 e. The normalized spacial score (nSPS) is 14.2. The van der Waals surface area contributed by atoms with Crippen molar-refractivity contribution in [3.63, 3.8) is 0 Å². The van der Waals surface area contributed by atoms with E-state index >= 15 is 0 Å². The topological polar surface area (TPSA) is 114 Å². The largest absolute Gasteiger partial charge is 0.506 e. The zero-order valence-electron chi connectivity index (χ0n) is 26.9. The maximum atomic E-state index is 13.0. The minimum atomic E-state index is -0.702. The average Bonchev–Trinajstić information content (AvgIpc) is 3.75. The summed E-state index contributed by atoms with van der Waals surface area (Å²) in [7, 11) is 0. The van der Waals surface area contributed by atoms with Crippen LogP contribution in [0, 0.1) is 0 Å². The Kier molecular flexibility index (Phi) is 8.75. The highest BCUT2D eigenvalue weighted by atomic mass is 35.5. The van der Waals surface area contributed by atoms with Crippen LogP contribution in [0.3, 0.4) is 0 Å². The summed E-state index contributed by atoms with van der Waals surface area (Å²) in [4.78, 5) is 22.8. The first-order valence-electron chi connectivity index (χ1n) is 15.7. The third-order valence-corrected chi connectivity index (χ3v) is 10.6. The lowest BCUT2D eigenvalue weighted by Gasteiger charge is -2.26. The number of hydrogen-bond acceptors (Lipinski definition) is 8. The van der Waals surface area contributed by atoms with Crippen LogP contribution in [-0.4, -0.2) is 59.9 Å². The van der Waals surface area contributed by atoms with E-state index in [4.69, 9.17) is 32.2 Å². The number of amides is 2. The fourth-order valence-electron chi connectivity index (χ4n) is 5.97. The SMILES string of the molecule is CC(C)(C)c1nn(N(Cc2ccccc2Oc2nc3sc4ccccc4n3c2CN2CCSCC2)C(N)=O)cc1-c1cccc(Cl)c1O. The first-order valence-corrected chi connectivity index (χ1v) is 18.0. The van der Waals surface area contributed by atoms with Gasteiger partial charge in [-0.2, -0.15) is 26.6 Å². The molecule has 0 unspecified atom stereocenters. The van der Waals surface area contributed by atoms with Crippen LogP contribution < -0.4 is 15.5 Å². The third kappa shape index (κ3) is 6.21. The molecule has 0 aliphatic carbocycles. The van der Waals surface area contributed by atoms with Crippen LogP contribution in [0.5, 0.6) is 17.4 Å². The quantitative estimate of drug-likeness (QED) is 0.168. The van der Waals surface area contributed by atoms with E-state index < -0.39 is 11.4 Å². The highest BCUT2D eigenvalue weighted by molar-refractivity contribution is 7.99. The number of carbonyl (C=O) groups excluding carboxylic acids is 1. The molecule has 10 nitrogen and oxygen atoms in total. The molecule has 3 aromatic carbocycles. The van der Waals surface area contributed by atoms with Gasteiger partial charge < -0.3 is 15.6 Å². The molecular weight excluding hydrogens is 666 g/mol. The lowest BCUT2D eigenvalue weighted by atomic mass is 9.87. The van der Waals surface area contributed by atoms with Crippen molar-refractivity contribution in [1.29, 1.82) is 0 Å². The Morgan fingerprint density at radius 1 is 1.04 bits per heavy atom. The predicted molar refractivity (Wildman–Crippen MR) is 194 cm³/mol. The summed E-state index contributed by atoms with van der Waals surface area (Å²) >= 11 is 9.88. The van der Waals surface area contributed by atoms with Crippen molar-refractivity contribution < 1.29 is 14.6 Å². The number of para-hydroxylation sites is 3. The molecule has 0 radical (unpaired) electrons. The van der Waals surface area contributed by atoms with Crippen LogP contribution in [-0.2, 0) is 18.5 Å². The lowest BCUT2D eigenvalue weighted by molar-refractivity contribution is 0.246. The molecule has 7 rings (SSSR count). The molecule has 48 heavy (non-hydrogen) atoms. The number of nitrogens with two attached hydrogens (primary N) is 1. The molecule has 1 aliphatic heterocycles. The summed E-state index contributed by atoms with van der Waals surface area (Å²) in [5.41, 5.74) is 10.2. The number of carbonyl (C=O) groups is 1. The number of aromatic hydroxyl groups is 1. The van der Waals surface area contributed by atoms with E-state index in [1.807, 2.05) is 68.9 Å². The van der Waals surface area contributed by atoms with E-state index in [0.29, 0.717) is 35.0 Å². The number of thioether (sulfide) groups is 1. The number of halogens is 1. The van der Waals surface area contributed by atoms with Crippen LogP contribution in [0.25, 0.3) is 26.3 Å². The lowest BCUT2D eigenvalue weighted by Crippen LogP contribution is -2.44.